The quantitative estimate of drug-likeness (QED) is 0.484. The SMILES string of the molecule is Cc1nonc1COc1ccccc1C(=O)N1CCOCC(Cc2ccc3cc[nH]c3n2)C1. The molecule has 4 aromatic rings. The molecular formula is C24H25N5O4. The van der Waals surface area contributed by atoms with Crippen LogP contribution in [0.3, 0.4) is 0 Å². The number of aromatic nitrogens is 4. The van der Waals surface area contributed by atoms with Gasteiger partial charge in [0.05, 0.1) is 18.8 Å². The summed E-state index contributed by atoms with van der Waals surface area (Å²) in [6.45, 7) is 4.18. The van der Waals surface area contributed by atoms with Crippen LogP contribution in [0.25, 0.3) is 11.0 Å². The molecule has 1 unspecified atom stereocenters. The second-order valence-corrected chi connectivity index (χ2v) is 8.20. The lowest BCUT2D eigenvalue weighted by atomic mass is 10.0. The zero-order valence-electron chi connectivity index (χ0n) is 18.4. The zero-order valence-corrected chi connectivity index (χ0v) is 18.4. The average Bonchev–Trinajstić information content (AvgIpc) is 3.40. The lowest BCUT2D eigenvalue weighted by Crippen LogP contribution is -2.36. The number of carbonyl (C=O) groups excluding carboxylic acids is 1. The van der Waals surface area contributed by atoms with Crippen molar-refractivity contribution in [3.05, 3.63) is 71.3 Å². The average molecular weight is 447 g/mol. The molecule has 0 bridgehead atoms. The number of hydrogen-bond acceptors (Lipinski definition) is 7. The van der Waals surface area contributed by atoms with E-state index in [1.807, 2.05) is 35.4 Å². The number of amides is 1. The number of hydrogen-bond donors (Lipinski definition) is 1. The fourth-order valence-electron chi connectivity index (χ4n) is 4.03. The third-order valence-electron chi connectivity index (χ3n) is 5.82. The molecule has 1 aromatic carbocycles. The number of rotatable bonds is 6. The van der Waals surface area contributed by atoms with Crippen molar-refractivity contribution in [1.82, 2.24) is 25.2 Å². The van der Waals surface area contributed by atoms with Crippen LogP contribution >= 0.6 is 0 Å². The van der Waals surface area contributed by atoms with E-state index in [2.05, 4.69) is 21.4 Å². The lowest BCUT2D eigenvalue weighted by molar-refractivity contribution is 0.0732. The minimum Gasteiger partial charge on any atom is -0.486 e. The van der Waals surface area contributed by atoms with Crippen LogP contribution in [0.4, 0.5) is 0 Å². The Bertz CT molecular complexity index is 1250. The smallest absolute Gasteiger partial charge is 0.257 e. The third-order valence-corrected chi connectivity index (χ3v) is 5.82. The van der Waals surface area contributed by atoms with Gasteiger partial charge in [-0.15, -0.1) is 0 Å². The standard InChI is InChI=1S/C24H25N5O4/c1-16-21(28-33-27-16)15-32-22-5-3-2-4-20(22)24(30)29-10-11-31-14-17(13-29)12-19-7-6-18-8-9-25-23(18)26-19/h2-9,17H,10-15H2,1H3,(H,25,26). The molecule has 0 radical (unpaired) electrons. The van der Waals surface area contributed by atoms with Gasteiger partial charge in [0.1, 0.15) is 29.4 Å². The van der Waals surface area contributed by atoms with Crippen LogP contribution < -0.4 is 4.74 Å². The first-order valence-corrected chi connectivity index (χ1v) is 11.0. The van der Waals surface area contributed by atoms with Gasteiger partial charge in [-0.05, 0) is 43.7 Å². The molecule has 1 atom stereocenters. The van der Waals surface area contributed by atoms with Crippen molar-refractivity contribution < 1.29 is 18.9 Å². The molecule has 1 aliphatic rings. The molecule has 1 fully saturated rings. The normalized spacial score (nSPS) is 16.6. The molecule has 1 saturated heterocycles. The van der Waals surface area contributed by atoms with Crippen molar-refractivity contribution in [2.75, 3.05) is 26.3 Å². The van der Waals surface area contributed by atoms with E-state index >= 15 is 0 Å². The molecule has 1 N–H and O–H groups in total. The molecule has 1 amide bonds. The highest BCUT2D eigenvalue weighted by atomic mass is 16.6. The van der Waals surface area contributed by atoms with Crippen LogP contribution in [0.15, 0.2) is 53.3 Å². The third kappa shape index (κ3) is 4.73. The van der Waals surface area contributed by atoms with Gasteiger partial charge in [-0.1, -0.05) is 22.4 Å². The maximum Gasteiger partial charge on any atom is 0.257 e. The summed E-state index contributed by atoms with van der Waals surface area (Å²) in [5.41, 5.74) is 3.63. The monoisotopic (exact) mass is 447 g/mol. The van der Waals surface area contributed by atoms with Gasteiger partial charge in [-0.3, -0.25) is 4.79 Å². The molecule has 9 heteroatoms. The number of fused-ring (bicyclic) bond motifs is 1. The van der Waals surface area contributed by atoms with Gasteiger partial charge in [0.25, 0.3) is 5.91 Å². The van der Waals surface area contributed by atoms with Gasteiger partial charge >= 0.3 is 0 Å². The number of aryl methyl sites for hydroxylation is 1. The zero-order chi connectivity index (χ0) is 22.6. The van der Waals surface area contributed by atoms with Crippen molar-refractivity contribution in [1.29, 1.82) is 0 Å². The number of H-pyrrole nitrogens is 1. The number of para-hydroxylation sites is 1. The molecule has 0 aliphatic carbocycles. The predicted molar refractivity (Wildman–Crippen MR) is 120 cm³/mol. The molecule has 3 aromatic heterocycles. The van der Waals surface area contributed by atoms with E-state index < -0.39 is 0 Å². The van der Waals surface area contributed by atoms with Crippen molar-refractivity contribution in [3.63, 3.8) is 0 Å². The van der Waals surface area contributed by atoms with E-state index in [9.17, 15) is 4.79 Å². The van der Waals surface area contributed by atoms with Crippen LogP contribution in [0.5, 0.6) is 5.75 Å². The Labute approximate surface area is 190 Å². The number of aromatic amines is 1. The molecule has 5 rings (SSSR count). The van der Waals surface area contributed by atoms with Gasteiger partial charge in [-0.2, -0.15) is 0 Å². The Hall–Kier alpha value is -3.72. The summed E-state index contributed by atoms with van der Waals surface area (Å²) in [6.07, 6.45) is 2.62. The number of ether oxygens (including phenoxy) is 2. The summed E-state index contributed by atoms with van der Waals surface area (Å²) in [5.74, 6) is 0.572. The molecule has 0 spiro atoms. The topological polar surface area (TPSA) is 106 Å². The van der Waals surface area contributed by atoms with Gasteiger partial charge < -0.3 is 19.4 Å². The van der Waals surface area contributed by atoms with Crippen LogP contribution in [-0.4, -0.2) is 57.4 Å². The van der Waals surface area contributed by atoms with Crippen molar-refractivity contribution >= 4 is 16.9 Å². The summed E-state index contributed by atoms with van der Waals surface area (Å²) >= 11 is 0. The largest absolute Gasteiger partial charge is 0.486 e. The first-order valence-electron chi connectivity index (χ1n) is 11.0. The minimum atomic E-state index is -0.0797. The van der Waals surface area contributed by atoms with Crippen LogP contribution in [-0.2, 0) is 17.8 Å². The first-order chi connectivity index (χ1) is 16.2. The highest BCUT2D eigenvalue weighted by Crippen LogP contribution is 2.23. The summed E-state index contributed by atoms with van der Waals surface area (Å²) in [5, 5.41) is 8.69. The van der Waals surface area contributed by atoms with Crippen LogP contribution in [0, 0.1) is 12.8 Å². The van der Waals surface area contributed by atoms with E-state index in [-0.39, 0.29) is 18.4 Å². The van der Waals surface area contributed by atoms with Gasteiger partial charge in [-0.25, -0.2) is 9.61 Å². The number of benzene rings is 1. The maximum atomic E-state index is 13.5. The highest BCUT2D eigenvalue weighted by Gasteiger charge is 2.26. The first kappa shape index (κ1) is 21.1. The Kier molecular flexibility index (Phi) is 6.03. The Balaban J connectivity index is 1.29. The fourth-order valence-corrected chi connectivity index (χ4v) is 4.03. The van der Waals surface area contributed by atoms with Gasteiger partial charge in [0.2, 0.25) is 0 Å². The molecule has 33 heavy (non-hydrogen) atoms. The second-order valence-electron chi connectivity index (χ2n) is 8.20. The van der Waals surface area contributed by atoms with Crippen molar-refractivity contribution in [2.45, 2.75) is 20.0 Å². The van der Waals surface area contributed by atoms with Gasteiger partial charge in [0, 0.05) is 36.3 Å². The van der Waals surface area contributed by atoms with E-state index in [4.69, 9.17) is 19.1 Å². The molecule has 9 nitrogen and oxygen atoms in total. The highest BCUT2D eigenvalue weighted by molar-refractivity contribution is 5.97. The molecule has 0 saturated carbocycles. The van der Waals surface area contributed by atoms with E-state index in [1.54, 1.807) is 19.1 Å². The second kappa shape index (κ2) is 9.41. The molecule has 170 valence electrons. The Morgan fingerprint density at radius 3 is 3.00 bits per heavy atom. The summed E-state index contributed by atoms with van der Waals surface area (Å²) in [4.78, 5) is 23.2. The molecular weight excluding hydrogens is 422 g/mol. The molecule has 1 aliphatic heterocycles. The Morgan fingerprint density at radius 1 is 1.21 bits per heavy atom. The number of carbonyl (C=O) groups is 1. The summed E-state index contributed by atoms with van der Waals surface area (Å²) in [6, 6.07) is 13.4. The lowest BCUT2D eigenvalue weighted by Gasteiger charge is -2.24. The van der Waals surface area contributed by atoms with E-state index in [1.165, 1.54) is 0 Å². The van der Waals surface area contributed by atoms with Crippen molar-refractivity contribution in [3.8, 4) is 5.75 Å². The maximum absolute atomic E-state index is 13.5. The summed E-state index contributed by atoms with van der Waals surface area (Å²) in [7, 11) is 0. The van der Waals surface area contributed by atoms with Gasteiger partial charge in [0.15, 0.2) is 0 Å². The van der Waals surface area contributed by atoms with Crippen LogP contribution in [0.2, 0.25) is 0 Å². The fraction of sp³-hybridized carbons (Fsp3) is 0.333. The number of nitrogens with zero attached hydrogens (tertiary/aromatic N) is 4. The molecule has 4 heterocycles. The van der Waals surface area contributed by atoms with E-state index in [0.29, 0.717) is 49.0 Å². The number of nitrogens with one attached hydrogen (secondary N) is 1. The number of pyridine rings is 1. The van der Waals surface area contributed by atoms with Crippen molar-refractivity contribution in [2.24, 2.45) is 5.92 Å². The van der Waals surface area contributed by atoms with E-state index in [0.717, 1.165) is 23.1 Å². The minimum absolute atomic E-state index is 0.0797. The van der Waals surface area contributed by atoms with Crippen LogP contribution in [0.1, 0.15) is 27.4 Å². The predicted octanol–water partition coefficient (Wildman–Crippen LogP) is 3.16. The summed E-state index contributed by atoms with van der Waals surface area (Å²) < 4.78 is 16.5. The Morgan fingerprint density at radius 2 is 2.12 bits per heavy atom.